The zero-order valence-electron chi connectivity index (χ0n) is 11.6. The van der Waals surface area contributed by atoms with Crippen molar-refractivity contribution in [1.29, 1.82) is 0 Å². The van der Waals surface area contributed by atoms with Gasteiger partial charge in [0.1, 0.15) is 0 Å². The Bertz CT molecular complexity index is 692. The number of hydrogen-bond donors (Lipinski definition) is 0. The lowest BCUT2D eigenvalue weighted by Gasteiger charge is -2.17. The molecular weight excluding hydrogens is 242 g/mol. The molecule has 20 heavy (non-hydrogen) atoms. The van der Waals surface area contributed by atoms with Gasteiger partial charge in [0.05, 0.1) is 0 Å². The highest BCUT2D eigenvalue weighted by Crippen LogP contribution is 2.52. The first kappa shape index (κ1) is 11.7. The molecule has 0 aliphatic heterocycles. The SMILES string of the molecule is Cc1ccc(C2=C(c3cc[nH+]cc3)C3C=CC2C3)cc1. The first-order chi connectivity index (χ1) is 9.83. The van der Waals surface area contributed by atoms with E-state index in [1.165, 1.54) is 34.3 Å². The molecule has 1 heterocycles. The van der Waals surface area contributed by atoms with Crippen LogP contribution < -0.4 is 4.98 Å². The molecule has 2 aliphatic rings. The highest BCUT2D eigenvalue weighted by atomic mass is 14.6. The highest BCUT2D eigenvalue weighted by Gasteiger charge is 2.36. The highest BCUT2D eigenvalue weighted by molar-refractivity contribution is 5.97. The predicted octanol–water partition coefficient (Wildman–Crippen LogP) is 3.93. The Labute approximate surface area is 119 Å². The fourth-order valence-electron chi connectivity index (χ4n) is 3.57. The normalized spacial score (nSPS) is 23.6. The standard InChI is InChI=1S/C19H17N/c1-13-2-4-14(5-3-13)18-16-6-7-17(12-16)19(18)15-8-10-20-11-9-15/h2-11,16-17H,12H2,1H3/p+1. The molecule has 1 aromatic heterocycles. The number of rotatable bonds is 2. The fourth-order valence-corrected chi connectivity index (χ4v) is 3.57. The third-order valence-corrected chi connectivity index (χ3v) is 4.51. The second kappa shape index (κ2) is 4.45. The monoisotopic (exact) mass is 260 g/mol. The second-order valence-corrected chi connectivity index (χ2v) is 5.82. The number of allylic oxidation sites excluding steroid dienone is 4. The van der Waals surface area contributed by atoms with Gasteiger partial charge in [-0.1, -0.05) is 42.0 Å². The Morgan fingerprint density at radius 3 is 1.95 bits per heavy atom. The smallest absolute Gasteiger partial charge is 0.167 e. The van der Waals surface area contributed by atoms with Gasteiger partial charge >= 0.3 is 0 Å². The number of fused-ring (bicyclic) bond motifs is 2. The lowest BCUT2D eigenvalue weighted by molar-refractivity contribution is -0.378. The summed E-state index contributed by atoms with van der Waals surface area (Å²) in [5.74, 6) is 1.19. The average molecular weight is 260 g/mol. The van der Waals surface area contributed by atoms with Gasteiger partial charge in [-0.25, -0.2) is 4.98 Å². The Hall–Kier alpha value is -2.15. The van der Waals surface area contributed by atoms with Crippen LogP contribution in [0.4, 0.5) is 0 Å². The second-order valence-electron chi connectivity index (χ2n) is 5.82. The van der Waals surface area contributed by atoms with Crippen molar-refractivity contribution in [1.82, 2.24) is 0 Å². The minimum absolute atomic E-state index is 0.596. The fraction of sp³-hybridized carbons (Fsp3) is 0.211. The minimum Gasteiger partial charge on any atom is -0.218 e. The van der Waals surface area contributed by atoms with E-state index in [0.29, 0.717) is 11.8 Å². The zero-order valence-corrected chi connectivity index (χ0v) is 11.6. The van der Waals surface area contributed by atoms with Gasteiger partial charge in [-0.2, -0.15) is 0 Å². The van der Waals surface area contributed by atoms with E-state index in [1.807, 2.05) is 12.4 Å². The van der Waals surface area contributed by atoms with Crippen LogP contribution in [-0.4, -0.2) is 0 Å². The molecule has 0 saturated carbocycles. The van der Waals surface area contributed by atoms with E-state index >= 15 is 0 Å². The molecule has 1 nitrogen and oxygen atoms in total. The van der Waals surface area contributed by atoms with Gasteiger partial charge in [0.25, 0.3) is 0 Å². The van der Waals surface area contributed by atoms with Crippen molar-refractivity contribution in [3.63, 3.8) is 0 Å². The molecule has 4 rings (SSSR count). The van der Waals surface area contributed by atoms with Crippen LogP contribution in [0.5, 0.6) is 0 Å². The van der Waals surface area contributed by atoms with Gasteiger partial charge in [-0.15, -0.1) is 0 Å². The van der Waals surface area contributed by atoms with Crippen LogP contribution in [0.25, 0.3) is 11.1 Å². The van der Waals surface area contributed by atoms with Crippen molar-refractivity contribution in [2.45, 2.75) is 13.3 Å². The molecule has 2 unspecified atom stereocenters. The molecule has 0 saturated heterocycles. The van der Waals surface area contributed by atoms with Crippen molar-refractivity contribution in [3.8, 4) is 0 Å². The molecule has 1 aromatic carbocycles. The van der Waals surface area contributed by atoms with Crippen LogP contribution in [0.1, 0.15) is 23.1 Å². The van der Waals surface area contributed by atoms with Crippen molar-refractivity contribution < 1.29 is 4.98 Å². The Kier molecular flexibility index (Phi) is 2.59. The van der Waals surface area contributed by atoms with E-state index in [-0.39, 0.29) is 0 Å². The van der Waals surface area contributed by atoms with Crippen molar-refractivity contribution in [2.75, 3.05) is 0 Å². The van der Waals surface area contributed by atoms with E-state index in [4.69, 9.17) is 0 Å². The van der Waals surface area contributed by atoms with Crippen LogP contribution in [0.15, 0.2) is 60.9 Å². The first-order valence-corrected chi connectivity index (χ1v) is 7.29. The van der Waals surface area contributed by atoms with Crippen LogP contribution in [0.2, 0.25) is 0 Å². The number of hydrogen-bond acceptors (Lipinski definition) is 0. The Morgan fingerprint density at radius 1 is 0.800 bits per heavy atom. The van der Waals surface area contributed by atoms with Crippen molar-refractivity contribution in [3.05, 3.63) is 77.6 Å². The quantitative estimate of drug-likeness (QED) is 0.727. The van der Waals surface area contributed by atoms with E-state index in [9.17, 15) is 0 Å². The number of aromatic amines is 1. The van der Waals surface area contributed by atoms with E-state index in [0.717, 1.165) is 0 Å². The van der Waals surface area contributed by atoms with E-state index in [2.05, 4.69) is 60.5 Å². The molecule has 0 spiro atoms. The number of H-pyrrole nitrogens is 1. The van der Waals surface area contributed by atoms with Gasteiger partial charge in [0.2, 0.25) is 0 Å². The summed E-state index contributed by atoms with van der Waals surface area (Å²) in [5, 5.41) is 0. The minimum atomic E-state index is 0.596. The largest absolute Gasteiger partial charge is 0.218 e. The maximum Gasteiger partial charge on any atom is 0.167 e. The summed E-state index contributed by atoms with van der Waals surface area (Å²) in [6.45, 7) is 2.15. The molecule has 2 aromatic rings. The van der Waals surface area contributed by atoms with Crippen molar-refractivity contribution in [2.24, 2.45) is 11.8 Å². The maximum atomic E-state index is 3.12. The maximum absolute atomic E-state index is 3.12. The molecule has 1 heteroatoms. The average Bonchev–Trinajstić information content (AvgIpc) is 3.10. The molecule has 2 atom stereocenters. The summed E-state index contributed by atoms with van der Waals surface area (Å²) in [6, 6.07) is 13.4. The Morgan fingerprint density at radius 2 is 1.35 bits per heavy atom. The first-order valence-electron chi connectivity index (χ1n) is 7.29. The van der Waals surface area contributed by atoms with E-state index < -0.39 is 0 Å². The lowest BCUT2D eigenvalue weighted by atomic mass is 9.87. The van der Waals surface area contributed by atoms with Crippen molar-refractivity contribution >= 4 is 11.1 Å². The van der Waals surface area contributed by atoms with Crippen LogP contribution in [-0.2, 0) is 0 Å². The van der Waals surface area contributed by atoms with Gasteiger partial charge in [0, 0.05) is 24.0 Å². The van der Waals surface area contributed by atoms with Crippen LogP contribution >= 0.6 is 0 Å². The number of aromatic nitrogens is 1. The molecular formula is C19H18N+. The van der Waals surface area contributed by atoms with E-state index in [1.54, 1.807) is 0 Å². The van der Waals surface area contributed by atoms with Crippen LogP contribution in [0.3, 0.4) is 0 Å². The predicted molar refractivity (Wildman–Crippen MR) is 81.7 cm³/mol. The molecule has 2 aliphatic carbocycles. The summed E-state index contributed by atoms with van der Waals surface area (Å²) in [7, 11) is 0. The molecule has 0 amide bonds. The number of nitrogens with one attached hydrogen (secondary N) is 1. The van der Waals surface area contributed by atoms with Gasteiger partial charge in [-0.05, 0) is 35.6 Å². The topological polar surface area (TPSA) is 14.1 Å². The molecule has 0 fully saturated rings. The zero-order chi connectivity index (χ0) is 13.5. The molecule has 1 N–H and O–H groups in total. The van der Waals surface area contributed by atoms with Gasteiger partial charge in [0.15, 0.2) is 12.4 Å². The summed E-state index contributed by atoms with van der Waals surface area (Å²) in [5.41, 5.74) is 7.12. The third-order valence-electron chi connectivity index (χ3n) is 4.51. The number of benzene rings is 1. The summed E-state index contributed by atoms with van der Waals surface area (Å²) in [6.07, 6.45) is 10.1. The van der Waals surface area contributed by atoms with Gasteiger partial charge < -0.3 is 0 Å². The third kappa shape index (κ3) is 1.74. The van der Waals surface area contributed by atoms with Crippen LogP contribution in [0, 0.1) is 18.8 Å². The Balaban J connectivity index is 1.89. The number of aryl methyl sites for hydroxylation is 1. The molecule has 2 bridgehead atoms. The summed E-state index contributed by atoms with van der Waals surface area (Å²) < 4.78 is 0. The number of pyridine rings is 1. The molecule has 0 radical (unpaired) electrons. The summed E-state index contributed by atoms with van der Waals surface area (Å²) >= 11 is 0. The summed E-state index contributed by atoms with van der Waals surface area (Å²) in [4.78, 5) is 3.12. The van der Waals surface area contributed by atoms with Gasteiger partial charge in [-0.3, -0.25) is 0 Å². The lowest BCUT2D eigenvalue weighted by Crippen LogP contribution is -2.02. The molecule has 98 valence electrons.